The van der Waals surface area contributed by atoms with Crippen LogP contribution in [0.25, 0.3) is 0 Å². The van der Waals surface area contributed by atoms with Gasteiger partial charge < -0.3 is 0 Å². The normalized spacial score (nSPS) is 12.7. The van der Waals surface area contributed by atoms with Gasteiger partial charge in [0.2, 0.25) is 0 Å². The molecule has 0 aromatic heterocycles. The first-order valence-electron chi connectivity index (χ1n) is 6.49. The van der Waals surface area contributed by atoms with Crippen molar-refractivity contribution in [1.82, 2.24) is 0 Å². The Labute approximate surface area is 119 Å². The van der Waals surface area contributed by atoms with Crippen LogP contribution in [0.4, 0.5) is 4.39 Å². The second-order valence-electron chi connectivity index (χ2n) is 5.19. The van der Waals surface area contributed by atoms with Gasteiger partial charge in [-0.15, -0.1) is 11.6 Å². The fraction of sp³-hybridized carbons (Fsp3) is 0.294. The summed E-state index contributed by atoms with van der Waals surface area (Å²) in [6.45, 7) is 6.08. The van der Waals surface area contributed by atoms with Gasteiger partial charge in [-0.2, -0.15) is 0 Å². The van der Waals surface area contributed by atoms with Gasteiger partial charge in [0, 0.05) is 0 Å². The number of aryl methyl sites for hydroxylation is 1. The molecule has 1 unspecified atom stereocenters. The van der Waals surface area contributed by atoms with E-state index >= 15 is 0 Å². The van der Waals surface area contributed by atoms with E-state index in [1.54, 1.807) is 13.0 Å². The molecule has 2 rings (SSSR count). The molecule has 0 fully saturated rings. The van der Waals surface area contributed by atoms with Crippen LogP contribution in [-0.4, -0.2) is 0 Å². The van der Waals surface area contributed by atoms with E-state index in [2.05, 4.69) is 26.0 Å². The highest BCUT2D eigenvalue weighted by atomic mass is 35.5. The van der Waals surface area contributed by atoms with Crippen molar-refractivity contribution < 1.29 is 4.39 Å². The Morgan fingerprint density at radius 2 is 1.42 bits per heavy atom. The van der Waals surface area contributed by atoms with Gasteiger partial charge in [-0.3, -0.25) is 0 Å². The molecule has 0 saturated carbocycles. The summed E-state index contributed by atoms with van der Waals surface area (Å²) in [5.41, 5.74) is 3.89. The van der Waals surface area contributed by atoms with Crippen LogP contribution in [-0.2, 0) is 0 Å². The first-order chi connectivity index (χ1) is 8.99. The molecule has 0 bridgehead atoms. The average molecular weight is 277 g/mol. The van der Waals surface area contributed by atoms with Crippen LogP contribution in [0.15, 0.2) is 42.5 Å². The van der Waals surface area contributed by atoms with Crippen LogP contribution in [0.2, 0.25) is 0 Å². The minimum atomic E-state index is -0.236. The van der Waals surface area contributed by atoms with Crippen molar-refractivity contribution in [3.8, 4) is 0 Å². The molecule has 0 amide bonds. The Morgan fingerprint density at radius 3 is 1.95 bits per heavy atom. The van der Waals surface area contributed by atoms with Crippen LogP contribution in [0.1, 0.15) is 47.4 Å². The van der Waals surface area contributed by atoms with E-state index in [-0.39, 0.29) is 11.2 Å². The molecule has 2 aromatic carbocycles. The Morgan fingerprint density at radius 1 is 0.895 bits per heavy atom. The van der Waals surface area contributed by atoms with E-state index in [1.807, 2.05) is 18.2 Å². The van der Waals surface area contributed by atoms with Crippen molar-refractivity contribution in [3.05, 3.63) is 70.5 Å². The summed E-state index contributed by atoms with van der Waals surface area (Å²) < 4.78 is 13.3. The van der Waals surface area contributed by atoms with Crippen molar-refractivity contribution >= 4 is 11.6 Å². The predicted octanol–water partition coefficient (Wildman–Crippen LogP) is 5.59. The number of alkyl halides is 1. The third kappa shape index (κ3) is 3.16. The third-order valence-electron chi connectivity index (χ3n) is 3.37. The van der Waals surface area contributed by atoms with Crippen molar-refractivity contribution in [2.75, 3.05) is 0 Å². The fourth-order valence-electron chi connectivity index (χ4n) is 2.07. The maximum atomic E-state index is 13.3. The van der Waals surface area contributed by atoms with E-state index < -0.39 is 0 Å². The molecule has 100 valence electrons. The third-order valence-corrected chi connectivity index (χ3v) is 3.87. The molecule has 19 heavy (non-hydrogen) atoms. The number of rotatable bonds is 3. The summed E-state index contributed by atoms with van der Waals surface area (Å²) in [6, 6.07) is 13.3. The van der Waals surface area contributed by atoms with Crippen LogP contribution in [0.5, 0.6) is 0 Å². The highest BCUT2D eigenvalue weighted by Crippen LogP contribution is 2.30. The molecule has 1 atom stereocenters. The molecule has 2 heteroatoms. The lowest BCUT2D eigenvalue weighted by Crippen LogP contribution is -1.96. The van der Waals surface area contributed by atoms with E-state index in [1.165, 1.54) is 11.6 Å². The molecule has 0 aliphatic heterocycles. The van der Waals surface area contributed by atoms with Crippen LogP contribution in [0.3, 0.4) is 0 Å². The summed E-state index contributed by atoms with van der Waals surface area (Å²) >= 11 is 6.47. The Kier molecular flexibility index (Phi) is 4.26. The van der Waals surface area contributed by atoms with Gasteiger partial charge in [-0.25, -0.2) is 4.39 Å². The van der Waals surface area contributed by atoms with Gasteiger partial charge >= 0.3 is 0 Å². The quantitative estimate of drug-likeness (QED) is 0.642. The zero-order chi connectivity index (χ0) is 14.0. The molecule has 0 aliphatic rings. The maximum absolute atomic E-state index is 13.3. The Bertz CT molecular complexity index is 558. The highest BCUT2D eigenvalue weighted by Gasteiger charge is 2.12. The molecule has 0 radical (unpaired) electrons. The largest absolute Gasteiger partial charge is 0.207 e. The molecule has 0 N–H and O–H groups in total. The lowest BCUT2D eigenvalue weighted by molar-refractivity contribution is 0.617. The highest BCUT2D eigenvalue weighted by molar-refractivity contribution is 6.22. The van der Waals surface area contributed by atoms with E-state index in [0.29, 0.717) is 11.5 Å². The van der Waals surface area contributed by atoms with E-state index in [4.69, 9.17) is 11.6 Å². The SMILES string of the molecule is Cc1cc(C(Cl)c2ccc(C(C)C)cc2)ccc1F. The van der Waals surface area contributed by atoms with Gasteiger partial charge in [0.15, 0.2) is 0 Å². The lowest BCUT2D eigenvalue weighted by atomic mass is 9.98. The van der Waals surface area contributed by atoms with Gasteiger partial charge in [0.1, 0.15) is 5.82 Å². The van der Waals surface area contributed by atoms with Crippen molar-refractivity contribution in [2.24, 2.45) is 0 Å². The Hall–Kier alpha value is -1.34. The molecule has 0 saturated heterocycles. The first-order valence-corrected chi connectivity index (χ1v) is 6.92. The molecule has 0 aliphatic carbocycles. The predicted molar refractivity (Wildman–Crippen MR) is 79.4 cm³/mol. The minimum Gasteiger partial charge on any atom is -0.207 e. The lowest BCUT2D eigenvalue weighted by Gasteiger charge is -2.13. The number of halogens is 2. The minimum absolute atomic E-state index is 0.192. The van der Waals surface area contributed by atoms with Gasteiger partial charge in [0.05, 0.1) is 5.38 Å². The van der Waals surface area contributed by atoms with Crippen LogP contribution < -0.4 is 0 Å². The summed E-state index contributed by atoms with van der Waals surface area (Å²) in [4.78, 5) is 0. The van der Waals surface area contributed by atoms with Crippen molar-refractivity contribution in [2.45, 2.75) is 32.1 Å². The molecular weight excluding hydrogens is 259 g/mol. The molecule has 2 aromatic rings. The smallest absolute Gasteiger partial charge is 0.126 e. The second kappa shape index (κ2) is 5.75. The standard InChI is InChI=1S/C17H18ClF/c1-11(2)13-4-6-14(7-5-13)17(18)15-8-9-16(19)12(3)10-15/h4-11,17H,1-3H3. The van der Waals surface area contributed by atoms with Gasteiger partial charge in [-0.05, 0) is 41.2 Å². The van der Waals surface area contributed by atoms with Gasteiger partial charge in [-0.1, -0.05) is 50.2 Å². The summed E-state index contributed by atoms with van der Waals surface area (Å²) in [5.74, 6) is 0.318. The zero-order valence-corrected chi connectivity index (χ0v) is 12.2. The molecule has 0 heterocycles. The van der Waals surface area contributed by atoms with E-state index in [0.717, 1.165) is 11.1 Å². The fourth-order valence-corrected chi connectivity index (χ4v) is 2.35. The number of hydrogen-bond acceptors (Lipinski definition) is 0. The molecular formula is C17H18ClF. The van der Waals surface area contributed by atoms with E-state index in [9.17, 15) is 4.39 Å². The van der Waals surface area contributed by atoms with Crippen molar-refractivity contribution in [3.63, 3.8) is 0 Å². The topological polar surface area (TPSA) is 0 Å². The van der Waals surface area contributed by atoms with Crippen LogP contribution >= 0.6 is 11.6 Å². The van der Waals surface area contributed by atoms with Crippen molar-refractivity contribution in [1.29, 1.82) is 0 Å². The second-order valence-corrected chi connectivity index (χ2v) is 5.63. The van der Waals surface area contributed by atoms with Crippen LogP contribution in [0, 0.1) is 12.7 Å². The number of benzene rings is 2. The zero-order valence-electron chi connectivity index (χ0n) is 11.5. The Balaban J connectivity index is 2.27. The summed E-state index contributed by atoms with van der Waals surface area (Å²) in [5, 5.41) is -0.236. The average Bonchev–Trinajstić information content (AvgIpc) is 2.41. The summed E-state index contributed by atoms with van der Waals surface area (Å²) in [7, 11) is 0. The number of hydrogen-bond donors (Lipinski definition) is 0. The maximum Gasteiger partial charge on any atom is 0.126 e. The van der Waals surface area contributed by atoms with Gasteiger partial charge in [0.25, 0.3) is 0 Å². The molecule has 0 nitrogen and oxygen atoms in total. The molecule has 0 spiro atoms. The summed E-state index contributed by atoms with van der Waals surface area (Å²) in [6.07, 6.45) is 0. The first kappa shape index (κ1) is 14.1. The monoisotopic (exact) mass is 276 g/mol.